The Morgan fingerprint density at radius 1 is 1.30 bits per heavy atom. The molecule has 0 aliphatic carbocycles. The summed E-state index contributed by atoms with van der Waals surface area (Å²) < 4.78 is 10.6. The van der Waals surface area contributed by atoms with Crippen molar-refractivity contribution < 1.29 is 9.15 Å². The van der Waals surface area contributed by atoms with Crippen LogP contribution in [0.5, 0.6) is 6.01 Å². The summed E-state index contributed by atoms with van der Waals surface area (Å²) in [6.45, 7) is 5.27. The summed E-state index contributed by atoms with van der Waals surface area (Å²) in [7, 11) is 0. The number of rotatable bonds is 5. The Hall–Kier alpha value is -2.15. The average Bonchev–Trinajstić information content (AvgIpc) is 2.54. The van der Waals surface area contributed by atoms with Crippen LogP contribution in [-0.4, -0.2) is 41.1 Å². The third kappa shape index (κ3) is 3.61. The molecule has 0 spiro atoms. The van der Waals surface area contributed by atoms with E-state index in [0.29, 0.717) is 24.0 Å². The van der Waals surface area contributed by atoms with Gasteiger partial charge in [-0.2, -0.15) is 4.98 Å². The summed E-state index contributed by atoms with van der Waals surface area (Å²) in [5.74, 6) is 0. The molecule has 1 fully saturated rings. The molecule has 124 valence electrons. The summed E-state index contributed by atoms with van der Waals surface area (Å²) in [4.78, 5) is 32.8. The lowest BCUT2D eigenvalue weighted by molar-refractivity contribution is 0.177. The molecule has 0 bridgehead atoms. The van der Waals surface area contributed by atoms with Gasteiger partial charge in [0.2, 0.25) is 5.71 Å². The van der Waals surface area contributed by atoms with Crippen molar-refractivity contribution in [1.29, 1.82) is 0 Å². The number of ether oxygens (including phenoxy) is 1. The topological polar surface area (TPSA) is 88.4 Å². The Kier molecular flexibility index (Phi) is 4.76. The first-order chi connectivity index (χ1) is 11.2. The van der Waals surface area contributed by atoms with Crippen LogP contribution in [0.4, 0.5) is 0 Å². The van der Waals surface area contributed by atoms with Crippen molar-refractivity contribution in [1.82, 2.24) is 14.9 Å². The van der Waals surface area contributed by atoms with Gasteiger partial charge in [0.15, 0.2) is 0 Å². The number of piperidine rings is 1. The highest BCUT2D eigenvalue weighted by atomic mass is 16.5. The average molecular weight is 319 g/mol. The van der Waals surface area contributed by atoms with E-state index in [0.717, 1.165) is 19.6 Å². The number of aromatic nitrogens is 2. The molecule has 7 heteroatoms. The van der Waals surface area contributed by atoms with Gasteiger partial charge in [0, 0.05) is 12.6 Å². The minimum Gasteiger partial charge on any atom is -0.463 e. The SMILES string of the molecule is CCc1cc(=O)oc2nc(OCCN3CCCCC3)[nH]c(=O)c12. The van der Waals surface area contributed by atoms with Crippen LogP contribution in [0, 0.1) is 0 Å². The van der Waals surface area contributed by atoms with Gasteiger partial charge in [-0.15, -0.1) is 0 Å². The molecule has 3 rings (SSSR count). The van der Waals surface area contributed by atoms with E-state index in [1.165, 1.54) is 25.3 Å². The van der Waals surface area contributed by atoms with E-state index in [9.17, 15) is 9.59 Å². The molecule has 0 atom stereocenters. The van der Waals surface area contributed by atoms with E-state index in [2.05, 4.69) is 14.9 Å². The van der Waals surface area contributed by atoms with E-state index >= 15 is 0 Å². The van der Waals surface area contributed by atoms with Crippen LogP contribution in [0.15, 0.2) is 20.1 Å². The zero-order chi connectivity index (χ0) is 16.2. The molecule has 7 nitrogen and oxygen atoms in total. The molecule has 23 heavy (non-hydrogen) atoms. The van der Waals surface area contributed by atoms with Gasteiger partial charge in [0.1, 0.15) is 12.0 Å². The number of hydrogen-bond acceptors (Lipinski definition) is 6. The first-order valence-electron chi connectivity index (χ1n) is 8.09. The molecule has 3 heterocycles. The summed E-state index contributed by atoms with van der Waals surface area (Å²) in [5.41, 5.74) is -0.189. The van der Waals surface area contributed by atoms with Crippen molar-refractivity contribution >= 4 is 11.1 Å². The number of aromatic amines is 1. The van der Waals surface area contributed by atoms with Crippen LogP contribution in [0.1, 0.15) is 31.7 Å². The van der Waals surface area contributed by atoms with Crippen LogP contribution in [0.2, 0.25) is 0 Å². The predicted molar refractivity (Wildman–Crippen MR) is 86.1 cm³/mol. The lowest BCUT2D eigenvalue weighted by Gasteiger charge is -2.25. The first-order valence-corrected chi connectivity index (χ1v) is 8.09. The largest absolute Gasteiger partial charge is 0.463 e. The van der Waals surface area contributed by atoms with Crippen LogP contribution in [0.25, 0.3) is 11.1 Å². The van der Waals surface area contributed by atoms with Gasteiger partial charge in [-0.3, -0.25) is 14.7 Å². The molecule has 1 N–H and O–H groups in total. The number of fused-ring (bicyclic) bond motifs is 1. The van der Waals surface area contributed by atoms with Gasteiger partial charge in [0.25, 0.3) is 11.6 Å². The molecule has 2 aromatic rings. The van der Waals surface area contributed by atoms with Gasteiger partial charge in [-0.25, -0.2) is 4.79 Å². The maximum absolute atomic E-state index is 12.2. The van der Waals surface area contributed by atoms with E-state index < -0.39 is 5.63 Å². The number of hydrogen-bond donors (Lipinski definition) is 1. The molecule has 1 aliphatic rings. The smallest absolute Gasteiger partial charge is 0.337 e. The monoisotopic (exact) mass is 319 g/mol. The van der Waals surface area contributed by atoms with Gasteiger partial charge < -0.3 is 9.15 Å². The number of nitrogens with zero attached hydrogens (tertiary/aromatic N) is 2. The van der Waals surface area contributed by atoms with Crippen molar-refractivity contribution in [3.05, 3.63) is 32.4 Å². The Morgan fingerprint density at radius 3 is 2.83 bits per heavy atom. The fourth-order valence-electron chi connectivity index (χ4n) is 2.93. The lowest BCUT2D eigenvalue weighted by Crippen LogP contribution is -2.33. The molecule has 1 saturated heterocycles. The number of H-pyrrole nitrogens is 1. The van der Waals surface area contributed by atoms with Crippen LogP contribution < -0.4 is 15.9 Å². The fourth-order valence-corrected chi connectivity index (χ4v) is 2.93. The molecule has 1 aliphatic heterocycles. The molecule has 0 unspecified atom stereocenters. The minimum atomic E-state index is -0.508. The van der Waals surface area contributed by atoms with Gasteiger partial charge in [0.05, 0.1) is 0 Å². The summed E-state index contributed by atoms with van der Waals surface area (Å²) in [6, 6.07) is 1.42. The lowest BCUT2D eigenvalue weighted by atomic mass is 10.1. The third-order valence-corrected chi connectivity index (χ3v) is 4.15. The second-order valence-corrected chi connectivity index (χ2v) is 5.75. The van der Waals surface area contributed by atoms with Crippen LogP contribution in [-0.2, 0) is 6.42 Å². The highest BCUT2D eigenvalue weighted by Gasteiger charge is 2.13. The highest BCUT2D eigenvalue weighted by molar-refractivity contribution is 5.75. The molecular formula is C16H21N3O4. The number of aryl methyl sites for hydroxylation is 1. The Labute approximate surface area is 133 Å². The normalized spacial score (nSPS) is 15.9. The maximum Gasteiger partial charge on any atom is 0.337 e. The summed E-state index contributed by atoms with van der Waals surface area (Å²) in [5, 5.41) is 0.315. The van der Waals surface area contributed by atoms with Gasteiger partial charge in [-0.1, -0.05) is 13.3 Å². The van der Waals surface area contributed by atoms with Crippen molar-refractivity contribution in [2.75, 3.05) is 26.2 Å². The Morgan fingerprint density at radius 2 is 2.09 bits per heavy atom. The van der Waals surface area contributed by atoms with Crippen molar-refractivity contribution in [2.45, 2.75) is 32.6 Å². The molecule has 2 aromatic heterocycles. The second-order valence-electron chi connectivity index (χ2n) is 5.75. The van der Waals surface area contributed by atoms with Crippen LogP contribution in [0.3, 0.4) is 0 Å². The zero-order valence-corrected chi connectivity index (χ0v) is 13.3. The van der Waals surface area contributed by atoms with Crippen molar-refractivity contribution in [3.63, 3.8) is 0 Å². The fraction of sp³-hybridized carbons (Fsp3) is 0.562. The molecular weight excluding hydrogens is 298 g/mol. The Bertz CT molecular complexity index is 790. The number of likely N-dealkylation sites (tertiary alicyclic amines) is 1. The van der Waals surface area contributed by atoms with Crippen LogP contribution >= 0.6 is 0 Å². The zero-order valence-electron chi connectivity index (χ0n) is 13.3. The van der Waals surface area contributed by atoms with Crippen molar-refractivity contribution in [3.8, 4) is 6.01 Å². The van der Waals surface area contributed by atoms with E-state index in [1.807, 2.05) is 6.92 Å². The summed E-state index contributed by atoms with van der Waals surface area (Å²) in [6.07, 6.45) is 4.28. The number of nitrogens with one attached hydrogen (secondary N) is 1. The summed E-state index contributed by atoms with van der Waals surface area (Å²) >= 11 is 0. The highest BCUT2D eigenvalue weighted by Crippen LogP contribution is 2.13. The Balaban J connectivity index is 1.76. The molecule has 0 amide bonds. The van der Waals surface area contributed by atoms with Gasteiger partial charge >= 0.3 is 5.63 Å². The quantitative estimate of drug-likeness (QED) is 0.894. The predicted octanol–water partition coefficient (Wildman–Crippen LogP) is 1.30. The molecule has 0 aromatic carbocycles. The maximum atomic E-state index is 12.2. The van der Waals surface area contributed by atoms with Crippen molar-refractivity contribution in [2.24, 2.45) is 0 Å². The third-order valence-electron chi connectivity index (χ3n) is 4.15. The first kappa shape index (κ1) is 15.7. The standard InChI is InChI=1S/C16H21N3O4/c1-2-11-10-12(20)23-15-13(11)14(21)17-16(18-15)22-9-8-19-6-4-3-5-7-19/h10H,2-9H2,1H3,(H,17,18,21). The second kappa shape index (κ2) is 6.95. The van der Waals surface area contributed by atoms with E-state index in [-0.39, 0.29) is 17.3 Å². The van der Waals surface area contributed by atoms with E-state index in [4.69, 9.17) is 9.15 Å². The van der Waals surface area contributed by atoms with E-state index in [1.54, 1.807) is 0 Å². The minimum absolute atomic E-state index is 0.0334. The molecule has 0 saturated carbocycles. The molecule has 0 radical (unpaired) electrons. The van der Waals surface area contributed by atoms with Gasteiger partial charge in [-0.05, 0) is 37.9 Å².